The minimum Gasteiger partial charge on any atom is -0.481 e. The van der Waals surface area contributed by atoms with Gasteiger partial charge in [0.1, 0.15) is 0 Å². The number of hydrogen-bond acceptors (Lipinski definition) is 3. The van der Waals surface area contributed by atoms with E-state index in [2.05, 4.69) is 10.0 Å². The fourth-order valence-corrected chi connectivity index (χ4v) is 2.89. The molecule has 1 heterocycles. The molecule has 2 aliphatic rings. The van der Waals surface area contributed by atoms with Crippen molar-refractivity contribution in [1.82, 2.24) is 4.90 Å². The lowest BCUT2D eigenvalue weighted by atomic mass is 9.95. The molecule has 1 aliphatic carbocycles. The minimum atomic E-state index is -0.878. The van der Waals surface area contributed by atoms with Gasteiger partial charge in [-0.05, 0) is 24.8 Å². The highest BCUT2D eigenvalue weighted by Gasteiger charge is 2.41. The van der Waals surface area contributed by atoms with Crippen LogP contribution in [0, 0.1) is 11.8 Å². The van der Waals surface area contributed by atoms with Gasteiger partial charge in [0.15, 0.2) is 0 Å². The summed E-state index contributed by atoms with van der Waals surface area (Å²) in [6.45, 7) is 0.983. The van der Waals surface area contributed by atoms with E-state index in [1.54, 1.807) is 4.90 Å². The average Bonchev–Trinajstić information content (AvgIpc) is 2.96. The lowest BCUT2D eigenvalue weighted by molar-refractivity contribution is -0.148. The van der Waals surface area contributed by atoms with Gasteiger partial charge < -0.3 is 10.0 Å². The van der Waals surface area contributed by atoms with Crippen LogP contribution in [0.2, 0.25) is 0 Å². The average molecular weight is 252 g/mol. The van der Waals surface area contributed by atoms with Crippen LogP contribution in [0.15, 0.2) is 5.11 Å². The molecule has 0 aromatic rings. The van der Waals surface area contributed by atoms with Crippen molar-refractivity contribution in [2.75, 3.05) is 13.1 Å². The summed E-state index contributed by atoms with van der Waals surface area (Å²) in [5.74, 6) is -1.91. The van der Waals surface area contributed by atoms with Gasteiger partial charge in [-0.25, -0.2) is 0 Å². The molecular weight excluding hydrogens is 236 g/mol. The number of carboxylic acid groups (broad SMARTS) is 1. The Morgan fingerprint density at radius 2 is 2.00 bits per heavy atom. The zero-order chi connectivity index (χ0) is 13.1. The summed E-state index contributed by atoms with van der Waals surface area (Å²) in [6, 6.07) is -0.163. The van der Waals surface area contributed by atoms with E-state index in [9.17, 15) is 9.59 Å². The summed E-state index contributed by atoms with van der Waals surface area (Å²) in [4.78, 5) is 27.7. The van der Waals surface area contributed by atoms with Gasteiger partial charge >= 0.3 is 5.97 Å². The Morgan fingerprint density at radius 3 is 2.67 bits per heavy atom. The second kappa shape index (κ2) is 5.27. The smallest absolute Gasteiger partial charge is 0.307 e. The molecule has 3 atom stereocenters. The number of carbonyl (C=O) groups excluding carboxylic acids is 1. The van der Waals surface area contributed by atoms with Crippen LogP contribution in [-0.2, 0) is 9.59 Å². The molecule has 3 unspecified atom stereocenters. The molecule has 1 saturated heterocycles. The summed E-state index contributed by atoms with van der Waals surface area (Å²) in [7, 11) is 0. The Labute approximate surface area is 104 Å². The van der Waals surface area contributed by atoms with Crippen molar-refractivity contribution in [2.24, 2.45) is 17.0 Å². The molecule has 1 amide bonds. The Hall–Kier alpha value is -1.75. The first-order valence-electron chi connectivity index (χ1n) is 6.19. The Bertz CT molecular complexity index is 405. The van der Waals surface area contributed by atoms with Crippen molar-refractivity contribution in [3.05, 3.63) is 10.4 Å². The zero-order valence-electron chi connectivity index (χ0n) is 10.0. The largest absolute Gasteiger partial charge is 0.481 e. The molecule has 2 fully saturated rings. The summed E-state index contributed by atoms with van der Waals surface area (Å²) >= 11 is 0. The van der Waals surface area contributed by atoms with Crippen molar-refractivity contribution in [2.45, 2.75) is 31.7 Å². The van der Waals surface area contributed by atoms with Crippen LogP contribution < -0.4 is 0 Å². The van der Waals surface area contributed by atoms with Gasteiger partial charge in [-0.2, -0.15) is 0 Å². The fourth-order valence-electron chi connectivity index (χ4n) is 2.89. The Balaban J connectivity index is 1.99. The van der Waals surface area contributed by atoms with E-state index in [-0.39, 0.29) is 11.9 Å². The van der Waals surface area contributed by atoms with Crippen LogP contribution in [0.25, 0.3) is 10.4 Å². The predicted molar refractivity (Wildman–Crippen MR) is 62.6 cm³/mol. The van der Waals surface area contributed by atoms with Crippen LogP contribution in [0.3, 0.4) is 0 Å². The highest BCUT2D eigenvalue weighted by atomic mass is 16.4. The highest BCUT2D eigenvalue weighted by molar-refractivity contribution is 5.85. The molecule has 0 spiro atoms. The second-order valence-electron chi connectivity index (χ2n) is 4.91. The third kappa shape index (κ3) is 2.41. The number of aliphatic carboxylic acids is 1. The van der Waals surface area contributed by atoms with Gasteiger partial charge in [0.05, 0.1) is 17.9 Å². The van der Waals surface area contributed by atoms with E-state index in [0.29, 0.717) is 32.4 Å². The summed E-state index contributed by atoms with van der Waals surface area (Å²) < 4.78 is 0. The second-order valence-corrected chi connectivity index (χ2v) is 4.91. The predicted octanol–water partition coefficient (Wildman–Crippen LogP) is 1.40. The molecule has 0 aromatic carbocycles. The highest BCUT2D eigenvalue weighted by Crippen LogP contribution is 2.34. The third-order valence-electron chi connectivity index (χ3n) is 3.84. The molecule has 18 heavy (non-hydrogen) atoms. The molecule has 2 rings (SSSR count). The van der Waals surface area contributed by atoms with Crippen molar-refractivity contribution in [3.63, 3.8) is 0 Å². The molecular formula is C11H16N4O3. The number of nitrogens with zero attached hydrogens (tertiary/aromatic N) is 4. The van der Waals surface area contributed by atoms with E-state index in [1.165, 1.54) is 0 Å². The zero-order valence-corrected chi connectivity index (χ0v) is 10.0. The van der Waals surface area contributed by atoms with Gasteiger partial charge in [-0.3, -0.25) is 9.59 Å². The quantitative estimate of drug-likeness (QED) is 0.466. The first-order valence-corrected chi connectivity index (χ1v) is 6.19. The first-order chi connectivity index (χ1) is 8.63. The van der Waals surface area contributed by atoms with Gasteiger partial charge in [0, 0.05) is 18.0 Å². The molecule has 0 radical (unpaired) electrons. The van der Waals surface area contributed by atoms with Gasteiger partial charge in [0.25, 0.3) is 0 Å². The number of amides is 1. The maximum absolute atomic E-state index is 12.2. The van der Waals surface area contributed by atoms with Crippen LogP contribution in [0.5, 0.6) is 0 Å². The Morgan fingerprint density at radius 1 is 1.28 bits per heavy atom. The number of carbonyl (C=O) groups is 2. The fraction of sp³-hybridized carbons (Fsp3) is 0.818. The Kier molecular flexibility index (Phi) is 3.72. The number of likely N-dealkylation sites (tertiary alicyclic amines) is 1. The van der Waals surface area contributed by atoms with E-state index >= 15 is 0 Å². The lowest BCUT2D eigenvalue weighted by Crippen LogP contribution is -2.38. The van der Waals surface area contributed by atoms with Crippen molar-refractivity contribution >= 4 is 11.9 Å². The molecule has 0 aromatic heterocycles. The SMILES string of the molecule is [N-]=[N+]=NC1CCN(C(=O)C2CCCC2C(=O)O)C1. The van der Waals surface area contributed by atoms with Gasteiger partial charge in [-0.15, -0.1) is 0 Å². The maximum atomic E-state index is 12.2. The van der Waals surface area contributed by atoms with Crippen molar-refractivity contribution in [3.8, 4) is 0 Å². The standard InChI is InChI=1S/C11H16N4O3/c12-14-13-7-4-5-15(6-7)10(16)8-2-1-3-9(8)11(17)18/h7-9H,1-6H2,(H,17,18). The minimum absolute atomic E-state index is 0.0875. The normalized spacial score (nSPS) is 31.1. The molecule has 1 saturated carbocycles. The number of azide groups is 1. The lowest BCUT2D eigenvalue weighted by Gasteiger charge is -2.22. The van der Waals surface area contributed by atoms with E-state index in [4.69, 9.17) is 10.6 Å². The number of hydrogen-bond donors (Lipinski definition) is 1. The van der Waals surface area contributed by atoms with Crippen LogP contribution in [0.4, 0.5) is 0 Å². The molecule has 98 valence electrons. The van der Waals surface area contributed by atoms with Gasteiger partial charge in [-0.1, -0.05) is 11.5 Å². The topological polar surface area (TPSA) is 106 Å². The summed E-state index contributed by atoms with van der Waals surface area (Å²) in [5.41, 5.74) is 8.36. The van der Waals surface area contributed by atoms with Gasteiger partial charge in [0.2, 0.25) is 5.91 Å². The van der Waals surface area contributed by atoms with Crippen LogP contribution >= 0.6 is 0 Å². The summed E-state index contributed by atoms with van der Waals surface area (Å²) in [6.07, 6.45) is 2.69. The van der Waals surface area contributed by atoms with E-state index < -0.39 is 17.8 Å². The molecule has 0 bridgehead atoms. The van der Waals surface area contributed by atoms with E-state index in [1.807, 2.05) is 0 Å². The number of carboxylic acids is 1. The number of rotatable bonds is 3. The molecule has 7 nitrogen and oxygen atoms in total. The van der Waals surface area contributed by atoms with Crippen LogP contribution in [0.1, 0.15) is 25.7 Å². The first kappa shape index (κ1) is 12.7. The maximum Gasteiger partial charge on any atom is 0.307 e. The van der Waals surface area contributed by atoms with Crippen molar-refractivity contribution < 1.29 is 14.7 Å². The van der Waals surface area contributed by atoms with E-state index in [0.717, 1.165) is 6.42 Å². The molecule has 1 N–H and O–H groups in total. The summed E-state index contributed by atoms with van der Waals surface area (Å²) in [5, 5.41) is 12.7. The molecule has 1 aliphatic heterocycles. The third-order valence-corrected chi connectivity index (χ3v) is 3.84. The van der Waals surface area contributed by atoms with Crippen molar-refractivity contribution in [1.29, 1.82) is 0 Å². The van der Waals surface area contributed by atoms with Crippen LogP contribution in [-0.4, -0.2) is 41.0 Å². The molecule has 7 heteroatoms. The monoisotopic (exact) mass is 252 g/mol.